The molecule has 0 saturated carbocycles. The number of piperidine rings is 1. The first-order valence-corrected chi connectivity index (χ1v) is 10.5. The predicted molar refractivity (Wildman–Crippen MR) is 112 cm³/mol. The number of carbonyl (C=O) groups is 1. The van der Waals surface area contributed by atoms with E-state index >= 15 is 0 Å². The maximum atomic E-state index is 14.6. The molecule has 0 radical (unpaired) electrons. The Morgan fingerprint density at radius 2 is 1.97 bits per heavy atom. The zero-order valence-corrected chi connectivity index (χ0v) is 17.5. The molecule has 0 aromatic carbocycles. The minimum absolute atomic E-state index is 0.114. The molecule has 11 heteroatoms. The van der Waals surface area contributed by atoms with Crippen molar-refractivity contribution < 1.29 is 18.3 Å². The molecule has 3 aromatic heterocycles. The van der Waals surface area contributed by atoms with Crippen LogP contribution in [0.2, 0.25) is 0 Å². The van der Waals surface area contributed by atoms with Crippen LogP contribution in [0.5, 0.6) is 5.75 Å². The first-order valence-electron chi connectivity index (χ1n) is 10.5. The number of pyridine rings is 2. The average molecular weight is 444 g/mol. The van der Waals surface area contributed by atoms with Gasteiger partial charge in [-0.15, -0.1) is 0 Å². The number of nitrogens with zero attached hydrogens (tertiary/aromatic N) is 6. The van der Waals surface area contributed by atoms with Crippen molar-refractivity contribution in [3.63, 3.8) is 0 Å². The van der Waals surface area contributed by atoms with Gasteiger partial charge in [0.25, 0.3) is 11.8 Å². The van der Waals surface area contributed by atoms with Gasteiger partial charge in [-0.2, -0.15) is 5.10 Å². The summed E-state index contributed by atoms with van der Waals surface area (Å²) in [5.74, 6) is -3.04. The minimum atomic E-state index is -3.16. The van der Waals surface area contributed by atoms with Gasteiger partial charge in [0.15, 0.2) is 23.8 Å². The lowest BCUT2D eigenvalue weighted by atomic mass is 10.1. The Morgan fingerprint density at radius 1 is 1.19 bits per heavy atom. The number of hydrogen-bond donors (Lipinski definition) is 0. The summed E-state index contributed by atoms with van der Waals surface area (Å²) in [5, 5.41) is 4.12. The highest BCUT2D eigenvalue weighted by atomic mass is 19.3. The molecule has 3 aromatic rings. The standard InChI is InChI=1S/C21H22F2N6O3/c1-26-20(31)28-8-5-15(10-17(28)25-26)29-12-21(22,23)13-32-16-9-14(11-24-18(16)29)19(30)27-6-3-2-4-7-27/h5,8-11H,2-4,6-7,12-13H2,1H3. The Kier molecular flexibility index (Phi) is 4.83. The molecule has 0 atom stereocenters. The van der Waals surface area contributed by atoms with Crippen molar-refractivity contribution >= 4 is 23.1 Å². The summed E-state index contributed by atoms with van der Waals surface area (Å²) >= 11 is 0. The number of carbonyl (C=O) groups excluding carboxylic acids is 1. The molecule has 32 heavy (non-hydrogen) atoms. The third kappa shape index (κ3) is 3.57. The number of aromatic nitrogens is 4. The van der Waals surface area contributed by atoms with Gasteiger partial charge < -0.3 is 14.5 Å². The monoisotopic (exact) mass is 444 g/mol. The molecule has 0 unspecified atom stereocenters. The summed E-state index contributed by atoms with van der Waals surface area (Å²) in [6.45, 7) is -0.153. The van der Waals surface area contributed by atoms with E-state index in [4.69, 9.17) is 4.74 Å². The number of likely N-dealkylation sites (tertiary alicyclic amines) is 1. The highest BCUT2D eigenvalue weighted by molar-refractivity contribution is 5.95. The van der Waals surface area contributed by atoms with Gasteiger partial charge in [-0.05, 0) is 31.4 Å². The Balaban J connectivity index is 1.55. The summed E-state index contributed by atoms with van der Waals surface area (Å²) in [4.78, 5) is 32.4. The highest BCUT2D eigenvalue weighted by Crippen LogP contribution is 2.38. The van der Waals surface area contributed by atoms with Crippen LogP contribution >= 0.6 is 0 Å². The van der Waals surface area contributed by atoms with E-state index in [1.807, 2.05) is 0 Å². The molecule has 1 fully saturated rings. The summed E-state index contributed by atoms with van der Waals surface area (Å²) in [7, 11) is 1.51. The van der Waals surface area contributed by atoms with E-state index in [2.05, 4.69) is 10.1 Å². The van der Waals surface area contributed by atoms with Gasteiger partial charge in [0.2, 0.25) is 0 Å². The van der Waals surface area contributed by atoms with Gasteiger partial charge in [0, 0.05) is 44.3 Å². The second kappa shape index (κ2) is 7.57. The summed E-state index contributed by atoms with van der Waals surface area (Å²) in [6.07, 6.45) is 5.86. The molecule has 0 spiro atoms. The van der Waals surface area contributed by atoms with Crippen molar-refractivity contribution in [2.24, 2.45) is 7.05 Å². The molecule has 9 nitrogen and oxygen atoms in total. The first kappa shape index (κ1) is 20.4. The maximum Gasteiger partial charge on any atom is 0.350 e. The Morgan fingerprint density at radius 3 is 2.75 bits per heavy atom. The molecule has 2 aliphatic rings. The topological polar surface area (TPSA) is 85.0 Å². The second-order valence-electron chi connectivity index (χ2n) is 8.15. The summed E-state index contributed by atoms with van der Waals surface area (Å²) in [6, 6.07) is 4.58. The fraction of sp³-hybridized carbons (Fsp3) is 0.429. The maximum absolute atomic E-state index is 14.6. The van der Waals surface area contributed by atoms with Crippen molar-refractivity contribution in [2.75, 3.05) is 31.1 Å². The fourth-order valence-corrected chi connectivity index (χ4v) is 4.13. The highest BCUT2D eigenvalue weighted by Gasteiger charge is 2.39. The molecule has 1 amide bonds. The fourth-order valence-electron chi connectivity index (χ4n) is 4.13. The largest absolute Gasteiger partial charge is 0.483 e. The number of aryl methyl sites for hydroxylation is 1. The molecule has 0 bridgehead atoms. The van der Waals surface area contributed by atoms with E-state index in [1.165, 1.54) is 39.5 Å². The van der Waals surface area contributed by atoms with Crippen molar-refractivity contribution in [3.8, 4) is 5.75 Å². The van der Waals surface area contributed by atoms with Crippen LogP contribution in [0.25, 0.3) is 5.65 Å². The molecule has 5 heterocycles. The molecule has 0 N–H and O–H groups in total. The third-order valence-corrected chi connectivity index (χ3v) is 5.77. The van der Waals surface area contributed by atoms with Crippen LogP contribution in [0.1, 0.15) is 29.6 Å². The van der Waals surface area contributed by atoms with Gasteiger partial charge >= 0.3 is 5.69 Å². The molecule has 1 saturated heterocycles. The lowest BCUT2D eigenvalue weighted by molar-refractivity contribution is -0.0276. The molecular formula is C21H22F2N6O3. The smallest absolute Gasteiger partial charge is 0.350 e. The van der Waals surface area contributed by atoms with Crippen LogP contribution in [0.15, 0.2) is 35.4 Å². The number of halogens is 2. The van der Waals surface area contributed by atoms with E-state index in [0.29, 0.717) is 30.0 Å². The Labute approximate surface area is 181 Å². The summed E-state index contributed by atoms with van der Waals surface area (Å²) < 4.78 is 37.0. The first-order chi connectivity index (χ1) is 15.3. The normalized spacial score (nSPS) is 18.2. The van der Waals surface area contributed by atoms with Gasteiger partial charge in [-0.25, -0.2) is 23.2 Å². The van der Waals surface area contributed by atoms with E-state index in [1.54, 1.807) is 17.0 Å². The number of fused-ring (bicyclic) bond motifs is 2. The average Bonchev–Trinajstić information content (AvgIpc) is 3.00. The number of rotatable bonds is 2. The van der Waals surface area contributed by atoms with Crippen LogP contribution in [-0.4, -0.2) is 62.1 Å². The van der Waals surface area contributed by atoms with E-state index in [-0.39, 0.29) is 23.2 Å². The van der Waals surface area contributed by atoms with Gasteiger partial charge in [0.1, 0.15) is 0 Å². The van der Waals surface area contributed by atoms with Crippen LogP contribution in [-0.2, 0) is 7.05 Å². The predicted octanol–water partition coefficient (Wildman–Crippen LogP) is 2.22. The van der Waals surface area contributed by atoms with Crippen LogP contribution < -0.4 is 15.3 Å². The van der Waals surface area contributed by atoms with Crippen molar-refractivity contribution in [3.05, 3.63) is 46.6 Å². The third-order valence-electron chi connectivity index (χ3n) is 5.77. The lowest BCUT2D eigenvalue weighted by Crippen LogP contribution is -2.36. The van der Waals surface area contributed by atoms with E-state index in [9.17, 15) is 18.4 Å². The molecule has 5 rings (SSSR count). The van der Waals surface area contributed by atoms with Gasteiger partial charge in [-0.1, -0.05) is 0 Å². The number of anilines is 2. The van der Waals surface area contributed by atoms with Gasteiger partial charge in [-0.3, -0.25) is 9.20 Å². The minimum Gasteiger partial charge on any atom is -0.483 e. The van der Waals surface area contributed by atoms with Crippen LogP contribution in [0.4, 0.5) is 20.3 Å². The zero-order valence-electron chi connectivity index (χ0n) is 17.5. The molecule has 0 aliphatic carbocycles. The number of alkyl halides is 2. The van der Waals surface area contributed by atoms with Gasteiger partial charge in [0.05, 0.1) is 12.1 Å². The molecule has 2 aliphatic heterocycles. The Bertz CT molecular complexity index is 1250. The SMILES string of the molecule is Cn1nc2cc(N3CC(F)(F)COc4cc(C(=O)N5CCCCC5)cnc43)ccn2c1=O. The molecular weight excluding hydrogens is 422 g/mol. The Hall–Kier alpha value is -3.50. The van der Waals surface area contributed by atoms with Crippen LogP contribution in [0, 0.1) is 0 Å². The quantitative estimate of drug-likeness (QED) is 0.603. The number of amides is 1. The number of ether oxygens (including phenoxy) is 1. The lowest BCUT2D eigenvalue weighted by Gasteiger charge is -2.27. The molecule has 168 valence electrons. The zero-order chi connectivity index (χ0) is 22.5. The van der Waals surface area contributed by atoms with Crippen molar-refractivity contribution in [1.29, 1.82) is 0 Å². The van der Waals surface area contributed by atoms with E-state index in [0.717, 1.165) is 19.3 Å². The van der Waals surface area contributed by atoms with Crippen LogP contribution in [0.3, 0.4) is 0 Å². The summed E-state index contributed by atoms with van der Waals surface area (Å²) in [5.41, 5.74) is 0.678. The van der Waals surface area contributed by atoms with E-state index < -0.39 is 19.1 Å². The van der Waals surface area contributed by atoms with Crippen molar-refractivity contribution in [1.82, 2.24) is 24.1 Å². The van der Waals surface area contributed by atoms with Crippen molar-refractivity contribution in [2.45, 2.75) is 25.2 Å². The second-order valence-corrected chi connectivity index (χ2v) is 8.15. The number of hydrogen-bond acceptors (Lipinski definition) is 6.